The maximum absolute atomic E-state index is 13.1. The van der Waals surface area contributed by atoms with Crippen molar-refractivity contribution < 1.29 is 4.39 Å². The first-order chi connectivity index (χ1) is 9.20. The Morgan fingerprint density at radius 3 is 2.84 bits per heavy atom. The van der Waals surface area contributed by atoms with Gasteiger partial charge in [0, 0.05) is 19.3 Å². The Kier molecular flexibility index (Phi) is 5.05. The van der Waals surface area contributed by atoms with Crippen molar-refractivity contribution in [3.8, 4) is 0 Å². The Balaban J connectivity index is 1.94. The van der Waals surface area contributed by atoms with Crippen LogP contribution >= 0.6 is 15.9 Å². The zero-order valence-electron chi connectivity index (χ0n) is 10.8. The summed E-state index contributed by atoms with van der Waals surface area (Å²) in [5.41, 5.74) is 3.38. The molecule has 19 heavy (non-hydrogen) atoms. The molecule has 0 saturated heterocycles. The lowest BCUT2D eigenvalue weighted by molar-refractivity contribution is 0.617. The molecule has 0 aliphatic carbocycles. The van der Waals surface area contributed by atoms with Crippen LogP contribution in [0.2, 0.25) is 0 Å². The lowest BCUT2D eigenvalue weighted by atomic mass is 10.1. The van der Waals surface area contributed by atoms with E-state index in [1.165, 1.54) is 11.6 Å². The molecule has 2 aromatic rings. The van der Waals surface area contributed by atoms with Gasteiger partial charge in [-0.25, -0.2) is 4.39 Å². The summed E-state index contributed by atoms with van der Waals surface area (Å²) in [5.74, 6) is -0.234. The van der Waals surface area contributed by atoms with Crippen molar-refractivity contribution in [1.29, 1.82) is 0 Å². The van der Waals surface area contributed by atoms with E-state index in [9.17, 15) is 4.39 Å². The smallest absolute Gasteiger partial charge is 0.137 e. The van der Waals surface area contributed by atoms with Crippen LogP contribution in [0.1, 0.15) is 23.7 Å². The molecule has 0 spiro atoms. The van der Waals surface area contributed by atoms with E-state index < -0.39 is 0 Å². The molecule has 1 N–H and O–H groups in total. The van der Waals surface area contributed by atoms with Gasteiger partial charge in [0.15, 0.2) is 0 Å². The topological polar surface area (TPSA) is 24.9 Å². The van der Waals surface area contributed by atoms with Crippen molar-refractivity contribution in [2.24, 2.45) is 0 Å². The van der Waals surface area contributed by atoms with E-state index in [1.54, 1.807) is 12.1 Å². The van der Waals surface area contributed by atoms with Gasteiger partial charge in [0.1, 0.15) is 5.82 Å². The van der Waals surface area contributed by atoms with E-state index in [0.717, 1.165) is 24.2 Å². The van der Waals surface area contributed by atoms with Crippen LogP contribution in [0.25, 0.3) is 0 Å². The summed E-state index contributed by atoms with van der Waals surface area (Å²) in [7, 11) is 0. The van der Waals surface area contributed by atoms with Gasteiger partial charge in [-0.1, -0.05) is 19.1 Å². The number of aromatic nitrogens is 1. The fraction of sp³-hybridized carbons (Fsp3) is 0.267. The first-order valence-electron chi connectivity index (χ1n) is 6.28. The molecular formula is C15H16BrFN2. The maximum Gasteiger partial charge on any atom is 0.137 e. The molecule has 4 heteroatoms. The molecular weight excluding hydrogens is 307 g/mol. The van der Waals surface area contributed by atoms with Crippen LogP contribution in [0, 0.1) is 5.82 Å². The number of halogens is 2. The second kappa shape index (κ2) is 6.78. The minimum absolute atomic E-state index is 0.234. The molecule has 1 aromatic heterocycles. The lowest BCUT2D eigenvalue weighted by Gasteiger charge is -2.08. The van der Waals surface area contributed by atoms with Gasteiger partial charge in [-0.05, 0) is 51.7 Å². The summed E-state index contributed by atoms with van der Waals surface area (Å²) < 4.78 is 13.6. The normalized spacial score (nSPS) is 10.7. The first-order valence-corrected chi connectivity index (χ1v) is 7.07. The van der Waals surface area contributed by atoms with Crippen molar-refractivity contribution in [3.63, 3.8) is 0 Å². The molecule has 0 saturated carbocycles. The van der Waals surface area contributed by atoms with E-state index in [-0.39, 0.29) is 5.82 Å². The number of nitrogens with one attached hydrogen (secondary N) is 1. The van der Waals surface area contributed by atoms with Gasteiger partial charge in [-0.3, -0.25) is 4.98 Å². The van der Waals surface area contributed by atoms with Crippen LogP contribution in [-0.2, 0) is 19.5 Å². The van der Waals surface area contributed by atoms with Gasteiger partial charge in [0.25, 0.3) is 0 Å². The van der Waals surface area contributed by atoms with Crippen molar-refractivity contribution in [2.75, 3.05) is 0 Å². The van der Waals surface area contributed by atoms with Gasteiger partial charge in [-0.15, -0.1) is 0 Å². The number of hydrogen-bond donors (Lipinski definition) is 1. The molecule has 0 bridgehead atoms. The molecule has 0 aliphatic heterocycles. The van der Waals surface area contributed by atoms with Crippen LogP contribution in [0.5, 0.6) is 0 Å². The molecule has 0 aliphatic rings. The third-order valence-electron chi connectivity index (χ3n) is 2.97. The average molecular weight is 323 g/mol. The predicted molar refractivity (Wildman–Crippen MR) is 78.3 cm³/mol. The largest absolute Gasteiger partial charge is 0.307 e. The highest BCUT2D eigenvalue weighted by atomic mass is 79.9. The molecule has 1 aromatic carbocycles. The highest BCUT2D eigenvalue weighted by Gasteiger charge is 2.03. The quantitative estimate of drug-likeness (QED) is 0.904. The number of hydrogen-bond acceptors (Lipinski definition) is 2. The summed E-state index contributed by atoms with van der Waals surface area (Å²) >= 11 is 3.19. The molecule has 0 radical (unpaired) electrons. The van der Waals surface area contributed by atoms with E-state index in [0.29, 0.717) is 11.0 Å². The monoisotopic (exact) mass is 322 g/mol. The summed E-state index contributed by atoms with van der Waals surface area (Å²) in [5, 5.41) is 3.33. The first kappa shape index (κ1) is 14.2. The molecule has 2 rings (SSSR count). The minimum Gasteiger partial charge on any atom is -0.307 e. The second-order valence-electron chi connectivity index (χ2n) is 4.31. The minimum atomic E-state index is -0.234. The number of nitrogens with zero attached hydrogens (tertiary/aromatic N) is 1. The van der Waals surface area contributed by atoms with Crippen molar-refractivity contribution in [3.05, 3.63) is 63.6 Å². The fourth-order valence-corrected chi connectivity index (χ4v) is 2.35. The van der Waals surface area contributed by atoms with Gasteiger partial charge >= 0.3 is 0 Å². The standard InChI is InChI=1S/C15H16BrFN2/c1-2-12-4-3-7-19-15(12)10-18-9-11-5-6-14(17)13(16)8-11/h3-8,18H,2,9-10H2,1H3. The van der Waals surface area contributed by atoms with Crippen LogP contribution in [0.3, 0.4) is 0 Å². The molecule has 1 heterocycles. The Hall–Kier alpha value is -1.26. The van der Waals surface area contributed by atoms with Crippen molar-refractivity contribution >= 4 is 15.9 Å². The fourth-order valence-electron chi connectivity index (χ4n) is 1.93. The summed E-state index contributed by atoms with van der Waals surface area (Å²) in [6, 6.07) is 9.10. The SMILES string of the molecule is CCc1cccnc1CNCc1ccc(F)c(Br)c1. The van der Waals surface area contributed by atoms with Gasteiger partial charge in [0.2, 0.25) is 0 Å². The van der Waals surface area contributed by atoms with Gasteiger partial charge in [-0.2, -0.15) is 0 Å². The van der Waals surface area contributed by atoms with Crippen molar-refractivity contribution in [2.45, 2.75) is 26.4 Å². The maximum atomic E-state index is 13.1. The second-order valence-corrected chi connectivity index (χ2v) is 5.17. The molecule has 100 valence electrons. The number of benzene rings is 1. The number of aryl methyl sites for hydroxylation is 1. The third kappa shape index (κ3) is 3.85. The Bertz CT molecular complexity index is 558. The average Bonchev–Trinajstić information content (AvgIpc) is 2.43. The highest BCUT2D eigenvalue weighted by Crippen LogP contribution is 2.16. The highest BCUT2D eigenvalue weighted by molar-refractivity contribution is 9.10. The molecule has 0 amide bonds. The zero-order valence-corrected chi connectivity index (χ0v) is 12.4. The van der Waals surface area contributed by atoms with Crippen LogP contribution < -0.4 is 5.32 Å². The van der Waals surface area contributed by atoms with Gasteiger partial charge < -0.3 is 5.32 Å². The van der Waals surface area contributed by atoms with Gasteiger partial charge in [0.05, 0.1) is 10.2 Å². The van der Waals surface area contributed by atoms with E-state index in [1.807, 2.05) is 12.3 Å². The summed E-state index contributed by atoms with van der Waals surface area (Å²) in [6.07, 6.45) is 2.79. The van der Waals surface area contributed by atoms with E-state index >= 15 is 0 Å². The zero-order chi connectivity index (χ0) is 13.7. The molecule has 0 unspecified atom stereocenters. The summed E-state index contributed by atoms with van der Waals surface area (Å²) in [6.45, 7) is 3.54. The van der Waals surface area contributed by atoms with Crippen LogP contribution in [0.4, 0.5) is 4.39 Å². The summed E-state index contributed by atoms with van der Waals surface area (Å²) in [4.78, 5) is 4.38. The molecule has 0 atom stereocenters. The Labute approximate surface area is 121 Å². The molecule has 0 fully saturated rings. The van der Waals surface area contributed by atoms with E-state index in [4.69, 9.17) is 0 Å². The number of rotatable bonds is 5. The Morgan fingerprint density at radius 2 is 2.11 bits per heavy atom. The van der Waals surface area contributed by atoms with E-state index in [2.05, 4.69) is 39.2 Å². The predicted octanol–water partition coefficient (Wildman–Crippen LogP) is 3.84. The van der Waals surface area contributed by atoms with Crippen molar-refractivity contribution in [1.82, 2.24) is 10.3 Å². The Morgan fingerprint density at radius 1 is 1.26 bits per heavy atom. The third-order valence-corrected chi connectivity index (χ3v) is 3.58. The number of pyridine rings is 1. The lowest BCUT2D eigenvalue weighted by Crippen LogP contribution is -2.15. The van der Waals surface area contributed by atoms with Crippen LogP contribution in [0.15, 0.2) is 41.0 Å². The van der Waals surface area contributed by atoms with Crippen LogP contribution in [-0.4, -0.2) is 4.98 Å². The molecule has 2 nitrogen and oxygen atoms in total.